The first-order valence-corrected chi connectivity index (χ1v) is 31.4. The second-order valence-electron chi connectivity index (χ2n) is 19.3. The van der Waals surface area contributed by atoms with E-state index in [1.807, 2.05) is 0 Å². The van der Waals surface area contributed by atoms with Crippen molar-refractivity contribution in [3.05, 3.63) is 0 Å². The normalized spacial score (nSPS) is 39.9. The molecule has 4 aliphatic rings. The number of hydrogen-bond donors (Lipinski definition) is 0. The summed E-state index contributed by atoms with van der Waals surface area (Å²) in [7, 11) is -5.48. The van der Waals surface area contributed by atoms with Gasteiger partial charge in [-0.1, -0.05) is 19.0 Å². The number of nitrogens with zero attached hydrogens (tertiary/aromatic N) is 1. The second-order valence-corrected chi connectivity index (χ2v) is 37.2. The van der Waals surface area contributed by atoms with Crippen LogP contribution >= 0.6 is 0 Å². The van der Waals surface area contributed by atoms with Crippen molar-refractivity contribution in [2.24, 2.45) is 39.7 Å². The monoisotopic (exact) mass is 683 g/mol. The van der Waals surface area contributed by atoms with Crippen molar-refractivity contribution < 1.29 is 22.5 Å². The van der Waals surface area contributed by atoms with E-state index in [-0.39, 0.29) is 16.9 Å². The lowest BCUT2D eigenvalue weighted by molar-refractivity contribution is -0.158. The number of fused-ring (bicyclic) bond motifs is 5. The van der Waals surface area contributed by atoms with Gasteiger partial charge in [0.1, 0.15) is 7.11 Å². The average molecular weight is 684 g/mol. The van der Waals surface area contributed by atoms with Gasteiger partial charge in [-0.3, -0.25) is 0 Å². The Hall–Kier alpha value is 0.178. The van der Waals surface area contributed by atoms with Crippen LogP contribution in [0.3, 0.4) is 0 Å². The first-order chi connectivity index (χ1) is 19.9. The lowest BCUT2D eigenvalue weighted by atomic mass is 9.43. The lowest BCUT2D eigenvalue weighted by Crippen LogP contribution is -2.67. The van der Waals surface area contributed by atoms with Crippen molar-refractivity contribution in [3.8, 4) is 0 Å². The van der Waals surface area contributed by atoms with E-state index < -0.39 is 38.9 Å². The molecule has 9 atom stereocenters. The summed E-state index contributed by atoms with van der Waals surface area (Å²) in [4.78, 5) is 5.73. The van der Waals surface area contributed by atoms with Crippen LogP contribution in [-0.2, 0) is 22.5 Å². The van der Waals surface area contributed by atoms with E-state index in [1.54, 1.807) is 7.11 Å². The molecule has 0 aliphatic heterocycles. The molecular weight excluding hydrogens is 615 g/mol. The molecule has 0 saturated heterocycles. The van der Waals surface area contributed by atoms with Gasteiger partial charge in [0, 0.05) is 17.4 Å². The highest BCUT2D eigenvalue weighted by molar-refractivity contribution is 6.71. The maximum Gasteiger partial charge on any atom is 0.184 e. The molecule has 6 nitrogen and oxygen atoms in total. The highest BCUT2D eigenvalue weighted by atomic mass is 28.4. The third-order valence-electron chi connectivity index (χ3n) is 11.4. The van der Waals surface area contributed by atoms with Gasteiger partial charge < -0.3 is 22.5 Å². The summed E-state index contributed by atoms with van der Waals surface area (Å²) in [5, 5.41) is 4.96. The molecule has 256 valence electrons. The van der Waals surface area contributed by atoms with Crippen LogP contribution in [0.25, 0.3) is 0 Å². The molecule has 4 saturated carbocycles. The van der Waals surface area contributed by atoms with Crippen LogP contribution in [0.15, 0.2) is 5.16 Å². The summed E-state index contributed by atoms with van der Waals surface area (Å²) in [5.41, 5.74) is 1.03. The van der Waals surface area contributed by atoms with Crippen LogP contribution in [0.1, 0.15) is 65.2 Å². The van der Waals surface area contributed by atoms with Gasteiger partial charge in [-0.05, 0) is 153 Å². The first-order valence-electron chi connectivity index (χ1n) is 17.7. The molecule has 0 aromatic carbocycles. The number of rotatable bonds is 11. The van der Waals surface area contributed by atoms with E-state index in [0.717, 1.165) is 12.8 Å². The second kappa shape index (κ2) is 12.6. The molecule has 10 heteroatoms. The molecule has 44 heavy (non-hydrogen) atoms. The van der Waals surface area contributed by atoms with Gasteiger partial charge in [-0.2, -0.15) is 0 Å². The summed E-state index contributed by atoms with van der Waals surface area (Å²) < 4.78 is 28.3. The van der Waals surface area contributed by atoms with Gasteiger partial charge in [0.25, 0.3) is 0 Å². The van der Waals surface area contributed by atoms with Crippen LogP contribution in [0, 0.1) is 34.5 Å². The summed E-state index contributed by atoms with van der Waals surface area (Å²) in [6, 6.07) is 0. The molecule has 0 radical (unpaired) electrons. The molecule has 0 aromatic heterocycles. The molecule has 0 amide bonds. The van der Waals surface area contributed by atoms with E-state index in [2.05, 4.69) is 92.4 Å². The third-order valence-corrected chi connectivity index (χ3v) is 15.5. The Bertz CT molecular complexity index is 1050. The van der Waals surface area contributed by atoms with Crippen LogP contribution < -0.4 is 0 Å². The zero-order valence-electron chi connectivity index (χ0n) is 31.3. The molecule has 5 unspecified atom stereocenters. The summed E-state index contributed by atoms with van der Waals surface area (Å²) in [6.07, 6.45) is 9.66. The first kappa shape index (κ1) is 37.0. The van der Waals surface area contributed by atoms with Gasteiger partial charge >= 0.3 is 0 Å². The SMILES string of the molecule is CON=C1C[C@@]2(C)C(CC[C@]2(O[Si](C)(C)C)[C@@H](CO[Si](C)(C)C)O[Si](C)(C)C)C2CCC3CC(O[Si](C)(C)C)CC[C@]3(C)C12. The van der Waals surface area contributed by atoms with E-state index in [0.29, 0.717) is 36.4 Å². The van der Waals surface area contributed by atoms with Crippen LogP contribution in [0.2, 0.25) is 78.6 Å². The molecule has 0 N–H and O–H groups in total. The van der Waals surface area contributed by atoms with Gasteiger partial charge in [0.05, 0.1) is 24.0 Å². The Labute approximate surface area is 275 Å². The minimum absolute atomic E-state index is 0.0796. The van der Waals surface area contributed by atoms with E-state index in [4.69, 9.17) is 27.7 Å². The fourth-order valence-electron chi connectivity index (χ4n) is 10.2. The van der Waals surface area contributed by atoms with Gasteiger partial charge in [0.15, 0.2) is 33.3 Å². The molecule has 4 fully saturated rings. The van der Waals surface area contributed by atoms with Crippen molar-refractivity contribution in [2.75, 3.05) is 13.7 Å². The number of hydrogen-bond acceptors (Lipinski definition) is 6. The van der Waals surface area contributed by atoms with Crippen molar-refractivity contribution in [3.63, 3.8) is 0 Å². The van der Waals surface area contributed by atoms with Crippen molar-refractivity contribution in [1.82, 2.24) is 0 Å². The molecular formula is C34H69NO5Si4. The maximum absolute atomic E-state index is 7.59. The van der Waals surface area contributed by atoms with Crippen molar-refractivity contribution in [2.45, 2.75) is 162 Å². The van der Waals surface area contributed by atoms with E-state index in [9.17, 15) is 0 Å². The fourth-order valence-corrected chi connectivity index (χ4v) is 14.8. The Balaban J connectivity index is 1.77. The zero-order valence-corrected chi connectivity index (χ0v) is 35.3. The Morgan fingerprint density at radius 1 is 0.795 bits per heavy atom. The smallest absolute Gasteiger partial charge is 0.184 e. The minimum atomic E-state index is -1.98. The van der Waals surface area contributed by atoms with Crippen molar-refractivity contribution >= 4 is 39.0 Å². The summed E-state index contributed by atoms with van der Waals surface area (Å²) in [6.45, 7) is 33.7. The van der Waals surface area contributed by atoms with E-state index >= 15 is 0 Å². The molecule has 0 spiro atoms. The van der Waals surface area contributed by atoms with Crippen LogP contribution in [-0.4, -0.2) is 70.5 Å². The Morgan fingerprint density at radius 3 is 2.00 bits per heavy atom. The highest BCUT2D eigenvalue weighted by Crippen LogP contribution is 2.69. The van der Waals surface area contributed by atoms with E-state index in [1.165, 1.54) is 44.2 Å². The molecule has 4 aliphatic carbocycles. The summed E-state index contributed by atoms with van der Waals surface area (Å²) in [5.74, 6) is 2.32. The summed E-state index contributed by atoms with van der Waals surface area (Å²) >= 11 is 0. The average Bonchev–Trinajstić information content (AvgIpc) is 3.11. The van der Waals surface area contributed by atoms with Gasteiger partial charge in [-0.25, -0.2) is 0 Å². The quantitative estimate of drug-likeness (QED) is 0.160. The topological polar surface area (TPSA) is 58.5 Å². The highest BCUT2D eigenvalue weighted by Gasteiger charge is 2.70. The predicted octanol–water partition coefficient (Wildman–Crippen LogP) is 9.52. The fraction of sp³-hybridized carbons (Fsp3) is 0.971. The van der Waals surface area contributed by atoms with Crippen LogP contribution in [0.5, 0.6) is 0 Å². The number of oxime groups is 1. The molecule has 0 aromatic rings. The molecule has 0 bridgehead atoms. The van der Waals surface area contributed by atoms with Gasteiger partial charge in [-0.15, -0.1) is 0 Å². The lowest BCUT2D eigenvalue weighted by Gasteiger charge is -2.63. The van der Waals surface area contributed by atoms with Crippen molar-refractivity contribution in [1.29, 1.82) is 0 Å². The largest absolute Gasteiger partial charge is 0.415 e. The minimum Gasteiger partial charge on any atom is -0.415 e. The Morgan fingerprint density at radius 2 is 1.45 bits per heavy atom. The zero-order chi connectivity index (χ0) is 33.1. The van der Waals surface area contributed by atoms with Crippen LogP contribution in [0.4, 0.5) is 0 Å². The molecule has 4 rings (SSSR count). The standard InChI is InChI=1S/C34H69NO5Si4/c1-32-20-18-26(38-42(7,8)9)22-25(32)16-17-27-28-19-21-34(40-44(13,14)15,33(28,2)23-29(31(27)32)35-36-3)30(39-43(10,11)12)24-37-41(4,5)6/h25-28,30-31H,16-24H2,1-15H3/t25?,26?,27?,28?,30-,31?,32+,33+,34+/m1/s1. The Kier molecular flexibility index (Phi) is 10.6. The maximum atomic E-state index is 7.59. The van der Waals surface area contributed by atoms with Gasteiger partial charge in [0.2, 0.25) is 0 Å². The third kappa shape index (κ3) is 7.73. The molecule has 0 heterocycles. The predicted molar refractivity (Wildman–Crippen MR) is 194 cm³/mol.